The van der Waals surface area contributed by atoms with Crippen LogP contribution >= 0.6 is 0 Å². The Bertz CT molecular complexity index is 1310. The van der Waals surface area contributed by atoms with E-state index in [2.05, 4.69) is 25.2 Å². The van der Waals surface area contributed by atoms with E-state index >= 15 is 0 Å². The highest BCUT2D eigenvalue weighted by molar-refractivity contribution is 7.89. The van der Waals surface area contributed by atoms with Crippen LogP contribution in [0.1, 0.15) is 25.2 Å². The minimum Gasteiger partial charge on any atom is -0.494 e. The fourth-order valence-electron chi connectivity index (χ4n) is 4.04. The van der Waals surface area contributed by atoms with Gasteiger partial charge in [0.05, 0.1) is 13.2 Å². The van der Waals surface area contributed by atoms with Gasteiger partial charge in [-0.15, -0.1) is 0 Å². The fourth-order valence-corrected chi connectivity index (χ4v) is 5.57. The SMILES string of the molecule is CCOc1ccc(S(=O)(=O)N2CCN(c3cc(Nc4cc(C)ccn4)nc(C)n3)CC2)c(OCC)c1. The van der Waals surface area contributed by atoms with Gasteiger partial charge in [0.2, 0.25) is 10.0 Å². The fraction of sp³-hybridized carbons (Fsp3) is 0.400. The highest BCUT2D eigenvalue weighted by atomic mass is 32.2. The summed E-state index contributed by atoms with van der Waals surface area (Å²) in [5.74, 6) is 3.59. The van der Waals surface area contributed by atoms with Gasteiger partial charge < -0.3 is 19.7 Å². The zero-order chi connectivity index (χ0) is 25.7. The molecule has 1 aromatic carbocycles. The Kier molecular flexibility index (Phi) is 7.90. The summed E-state index contributed by atoms with van der Waals surface area (Å²) < 4.78 is 39.6. The summed E-state index contributed by atoms with van der Waals surface area (Å²) >= 11 is 0. The van der Waals surface area contributed by atoms with Gasteiger partial charge in [-0.05, 0) is 57.5 Å². The average Bonchev–Trinajstić information content (AvgIpc) is 2.84. The highest BCUT2D eigenvalue weighted by Gasteiger charge is 2.31. The molecule has 4 rings (SSSR count). The monoisotopic (exact) mass is 512 g/mol. The van der Waals surface area contributed by atoms with Gasteiger partial charge in [0.1, 0.15) is 39.7 Å². The van der Waals surface area contributed by atoms with Crippen molar-refractivity contribution in [1.82, 2.24) is 19.3 Å². The minimum atomic E-state index is -3.74. The van der Waals surface area contributed by atoms with E-state index in [9.17, 15) is 8.42 Å². The first-order chi connectivity index (χ1) is 17.3. The molecule has 3 aromatic rings. The second-order valence-electron chi connectivity index (χ2n) is 8.37. The van der Waals surface area contributed by atoms with Crippen molar-refractivity contribution in [3.63, 3.8) is 0 Å². The van der Waals surface area contributed by atoms with Crippen molar-refractivity contribution in [3.8, 4) is 11.5 Å². The lowest BCUT2D eigenvalue weighted by atomic mass is 10.3. The Balaban J connectivity index is 1.49. The van der Waals surface area contributed by atoms with E-state index in [0.717, 1.165) is 11.4 Å². The molecule has 36 heavy (non-hydrogen) atoms. The van der Waals surface area contributed by atoms with E-state index in [1.165, 1.54) is 4.31 Å². The van der Waals surface area contributed by atoms with Gasteiger partial charge in [0, 0.05) is 44.5 Å². The predicted octanol–water partition coefficient (Wildman–Crippen LogP) is 3.54. The average molecular weight is 513 g/mol. The Morgan fingerprint density at radius 3 is 2.36 bits per heavy atom. The molecule has 11 heteroatoms. The number of rotatable bonds is 9. The van der Waals surface area contributed by atoms with E-state index in [4.69, 9.17) is 9.47 Å². The number of aromatic nitrogens is 3. The summed E-state index contributed by atoms with van der Waals surface area (Å²) in [6, 6.07) is 10.6. The molecule has 0 radical (unpaired) electrons. The summed E-state index contributed by atoms with van der Waals surface area (Å²) in [4.78, 5) is 15.6. The maximum Gasteiger partial charge on any atom is 0.246 e. The second-order valence-corrected chi connectivity index (χ2v) is 10.3. The van der Waals surface area contributed by atoms with E-state index < -0.39 is 10.0 Å². The third-order valence-corrected chi connectivity index (χ3v) is 7.64. The van der Waals surface area contributed by atoms with Gasteiger partial charge in [0.15, 0.2) is 0 Å². The maximum absolute atomic E-state index is 13.5. The summed E-state index contributed by atoms with van der Waals surface area (Å²) in [6.07, 6.45) is 1.74. The van der Waals surface area contributed by atoms with Gasteiger partial charge in [-0.25, -0.2) is 23.4 Å². The van der Waals surface area contributed by atoms with Gasteiger partial charge in [0.25, 0.3) is 0 Å². The van der Waals surface area contributed by atoms with Crippen molar-refractivity contribution in [3.05, 3.63) is 54.0 Å². The van der Waals surface area contributed by atoms with Gasteiger partial charge in [-0.2, -0.15) is 4.31 Å². The predicted molar refractivity (Wildman–Crippen MR) is 139 cm³/mol. The standard InChI is InChI=1S/C25H32N6O4S/c1-5-34-20-7-8-22(21(16-20)35-6-2)36(32,33)31-13-11-30(12-14-31)25-17-24(27-19(4)28-25)29-23-15-18(3)9-10-26-23/h7-10,15-17H,5-6,11-14H2,1-4H3,(H,26,27,28,29). The smallest absolute Gasteiger partial charge is 0.246 e. The van der Waals surface area contributed by atoms with Crippen molar-refractivity contribution < 1.29 is 17.9 Å². The van der Waals surface area contributed by atoms with Crippen LogP contribution < -0.4 is 19.7 Å². The zero-order valence-corrected chi connectivity index (χ0v) is 21.9. The van der Waals surface area contributed by atoms with Crippen LogP contribution in [0.5, 0.6) is 11.5 Å². The largest absolute Gasteiger partial charge is 0.494 e. The van der Waals surface area contributed by atoms with E-state index in [0.29, 0.717) is 68.4 Å². The van der Waals surface area contributed by atoms with Crippen LogP contribution in [0.4, 0.5) is 17.5 Å². The molecule has 1 fully saturated rings. The van der Waals surface area contributed by atoms with Gasteiger partial charge in [-0.3, -0.25) is 0 Å². The third-order valence-electron chi connectivity index (χ3n) is 5.70. The lowest BCUT2D eigenvalue weighted by molar-refractivity contribution is 0.314. The number of benzene rings is 1. The van der Waals surface area contributed by atoms with Crippen molar-refractivity contribution in [2.45, 2.75) is 32.6 Å². The molecule has 1 N–H and O–H groups in total. The van der Waals surface area contributed by atoms with E-state index in [1.807, 2.05) is 45.9 Å². The van der Waals surface area contributed by atoms with Gasteiger partial charge >= 0.3 is 0 Å². The summed E-state index contributed by atoms with van der Waals surface area (Å²) in [6.45, 7) is 10.0. The second kappa shape index (κ2) is 11.1. The number of hydrogen-bond acceptors (Lipinski definition) is 9. The van der Waals surface area contributed by atoms with E-state index in [-0.39, 0.29) is 4.90 Å². The number of anilines is 3. The molecular weight excluding hydrogens is 480 g/mol. The van der Waals surface area contributed by atoms with Gasteiger partial charge in [-0.1, -0.05) is 0 Å². The molecule has 0 amide bonds. The maximum atomic E-state index is 13.5. The molecule has 0 bridgehead atoms. The number of ether oxygens (including phenoxy) is 2. The Morgan fingerprint density at radius 1 is 0.917 bits per heavy atom. The molecule has 1 aliphatic heterocycles. The quantitative estimate of drug-likeness (QED) is 0.460. The number of nitrogens with zero attached hydrogens (tertiary/aromatic N) is 5. The number of sulfonamides is 1. The molecule has 10 nitrogen and oxygen atoms in total. The first kappa shape index (κ1) is 25.6. The number of nitrogens with one attached hydrogen (secondary N) is 1. The molecule has 0 spiro atoms. The van der Waals surface area contributed by atoms with Crippen molar-refractivity contribution in [2.24, 2.45) is 0 Å². The molecule has 0 aliphatic carbocycles. The Hall–Kier alpha value is -3.44. The van der Waals surface area contributed by atoms with Crippen molar-refractivity contribution >= 4 is 27.5 Å². The first-order valence-corrected chi connectivity index (χ1v) is 13.4. The van der Waals surface area contributed by atoms with E-state index in [1.54, 1.807) is 24.4 Å². The highest BCUT2D eigenvalue weighted by Crippen LogP contribution is 2.32. The molecule has 0 atom stereocenters. The topological polar surface area (TPSA) is 110 Å². The normalized spacial score (nSPS) is 14.5. The molecular formula is C25H32N6O4S. The van der Waals surface area contributed by atoms with Crippen LogP contribution in [0.25, 0.3) is 0 Å². The van der Waals surface area contributed by atoms with Crippen LogP contribution in [-0.2, 0) is 10.0 Å². The third kappa shape index (κ3) is 5.85. The first-order valence-electron chi connectivity index (χ1n) is 12.0. The van der Waals surface area contributed by atoms with Crippen molar-refractivity contribution in [1.29, 1.82) is 0 Å². The molecule has 2 aromatic heterocycles. The minimum absolute atomic E-state index is 0.149. The zero-order valence-electron chi connectivity index (χ0n) is 21.1. The summed E-state index contributed by atoms with van der Waals surface area (Å²) in [5.41, 5.74) is 1.09. The van der Waals surface area contributed by atoms with Crippen LogP contribution in [-0.4, -0.2) is 67.1 Å². The molecule has 0 unspecified atom stereocenters. The Labute approximate surface area is 212 Å². The van der Waals surface area contributed by atoms with Crippen LogP contribution in [0.3, 0.4) is 0 Å². The molecule has 1 aliphatic rings. The Morgan fingerprint density at radius 2 is 1.67 bits per heavy atom. The molecule has 1 saturated heterocycles. The number of hydrogen-bond donors (Lipinski definition) is 1. The number of piperazine rings is 1. The summed E-state index contributed by atoms with van der Waals surface area (Å²) in [7, 11) is -3.74. The molecule has 3 heterocycles. The number of aryl methyl sites for hydroxylation is 2. The lowest BCUT2D eigenvalue weighted by Gasteiger charge is -2.35. The summed E-state index contributed by atoms with van der Waals surface area (Å²) in [5, 5.41) is 3.23. The van der Waals surface area contributed by atoms with Crippen molar-refractivity contribution in [2.75, 3.05) is 49.6 Å². The lowest BCUT2D eigenvalue weighted by Crippen LogP contribution is -2.49. The van der Waals surface area contributed by atoms with Crippen LogP contribution in [0.2, 0.25) is 0 Å². The molecule has 0 saturated carbocycles. The van der Waals surface area contributed by atoms with Crippen LogP contribution in [0.15, 0.2) is 47.5 Å². The number of pyridine rings is 1. The van der Waals surface area contributed by atoms with Crippen LogP contribution in [0, 0.1) is 13.8 Å². The molecule has 192 valence electrons.